The van der Waals surface area contributed by atoms with Crippen LogP contribution in [0, 0.1) is 0 Å². The number of hydrogen-bond donors (Lipinski definition) is 2. The van der Waals surface area contributed by atoms with Crippen LogP contribution in [0.4, 0.5) is 0 Å². The molecule has 1 fully saturated rings. The highest BCUT2D eigenvalue weighted by Gasteiger charge is 2.45. The van der Waals surface area contributed by atoms with Gasteiger partial charge in [-0.2, -0.15) is 0 Å². The number of nitrogens with zero attached hydrogens (tertiary/aromatic N) is 1. The van der Waals surface area contributed by atoms with Crippen molar-refractivity contribution in [2.24, 2.45) is 5.73 Å². The first-order chi connectivity index (χ1) is 14.9. The summed E-state index contributed by atoms with van der Waals surface area (Å²) in [4.78, 5) is 16.1. The number of carbonyl (C=O) groups is 1. The molecule has 3 N–H and O–H groups in total. The van der Waals surface area contributed by atoms with E-state index in [2.05, 4.69) is 47.7 Å². The zero-order valence-corrected chi connectivity index (χ0v) is 20.1. The molecule has 2 aromatic rings. The summed E-state index contributed by atoms with van der Waals surface area (Å²) in [5.41, 5.74) is 7.74. The summed E-state index contributed by atoms with van der Waals surface area (Å²) < 4.78 is 0. The zero-order valence-electron chi connectivity index (χ0n) is 18.6. The standard InChI is InChI=1S/C25H34ClN3OS/c1-19(28-17-20-10-12-22(31-2)13-11-20)7-5-14-25(24(27)30)15-6-16-29(25)18-21-8-3-4-9-23(21)26/h3-4,8-13,19,28H,5-7,14-18H2,1-2H3,(H2,27,30)/t19?,25-/m0/s1. The Labute approximate surface area is 195 Å². The van der Waals surface area contributed by atoms with Gasteiger partial charge in [0.15, 0.2) is 0 Å². The number of carbonyl (C=O) groups excluding carboxylic acids is 1. The van der Waals surface area contributed by atoms with Crippen molar-refractivity contribution in [2.75, 3.05) is 12.8 Å². The fourth-order valence-electron chi connectivity index (χ4n) is 4.52. The predicted molar refractivity (Wildman–Crippen MR) is 131 cm³/mol. The normalized spacial score (nSPS) is 20.1. The highest BCUT2D eigenvalue weighted by molar-refractivity contribution is 7.98. The lowest BCUT2D eigenvalue weighted by atomic mass is 9.87. The van der Waals surface area contributed by atoms with Crippen LogP contribution in [0.5, 0.6) is 0 Å². The van der Waals surface area contributed by atoms with Gasteiger partial charge in [0.05, 0.1) is 0 Å². The number of nitrogens with two attached hydrogens (primary N) is 1. The van der Waals surface area contributed by atoms with E-state index in [0.29, 0.717) is 12.6 Å². The van der Waals surface area contributed by atoms with Gasteiger partial charge in [-0.15, -0.1) is 11.8 Å². The Hall–Kier alpha value is -1.53. The van der Waals surface area contributed by atoms with E-state index in [1.807, 2.05) is 24.3 Å². The van der Waals surface area contributed by atoms with Crippen LogP contribution < -0.4 is 11.1 Å². The van der Waals surface area contributed by atoms with Crippen molar-refractivity contribution < 1.29 is 4.79 Å². The number of benzene rings is 2. The third-order valence-electron chi connectivity index (χ3n) is 6.44. The van der Waals surface area contributed by atoms with Gasteiger partial charge in [-0.05, 0) is 81.2 Å². The van der Waals surface area contributed by atoms with Crippen molar-refractivity contribution in [3.05, 3.63) is 64.7 Å². The maximum Gasteiger partial charge on any atom is 0.237 e. The van der Waals surface area contributed by atoms with Crippen LogP contribution in [0.3, 0.4) is 0 Å². The highest BCUT2D eigenvalue weighted by Crippen LogP contribution is 2.36. The molecule has 2 atom stereocenters. The van der Waals surface area contributed by atoms with E-state index in [1.165, 1.54) is 10.5 Å². The number of halogens is 1. The molecule has 1 heterocycles. The molecule has 2 aromatic carbocycles. The minimum Gasteiger partial charge on any atom is -0.368 e. The molecule has 1 saturated heterocycles. The average Bonchev–Trinajstić information content (AvgIpc) is 3.18. The van der Waals surface area contributed by atoms with Crippen molar-refractivity contribution in [3.63, 3.8) is 0 Å². The third-order valence-corrected chi connectivity index (χ3v) is 7.55. The number of amides is 1. The van der Waals surface area contributed by atoms with E-state index in [1.54, 1.807) is 11.8 Å². The Morgan fingerprint density at radius 2 is 2.00 bits per heavy atom. The van der Waals surface area contributed by atoms with Crippen LogP contribution in [0.1, 0.15) is 50.2 Å². The van der Waals surface area contributed by atoms with E-state index in [4.69, 9.17) is 17.3 Å². The molecule has 31 heavy (non-hydrogen) atoms. The molecular weight excluding hydrogens is 426 g/mol. The maximum absolute atomic E-state index is 12.6. The summed E-state index contributed by atoms with van der Waals surface area (Å²) in [7, 11) is 0. The summed E-state index contributed by atoms with van der Waals surface area (Å²) in [6.45, 7) is 4.62. The molecular formula is C25H34ClN3OS. The summed E-state index contributed by atoms with van der Waals surface area (Å²) in [6.07, 6.45) is 6.68. The van der Waals surface area contributed by atoms with Crippen molar-refractivity contribution in [1.29, 1.82) is 0 Å². The highest BCUT2D eigenvalue weighted by atomic mass is 35.5. The molecule has 0 bridgehead atoms. The van der Waals surface area contributed by atoms with Gasteiger partial charge >= 0.3 is 0 Å². The smallest absolute Gasteiger partial charge is 0.237 e. The fraction of sp³-hybridized carbons (Fsp3) is 0.480. The first kappa shape index (κ1) is 24.1. The second kappa shape index (κ2) is 11.4. The van der Waals surface area contributed by atoms with Crippen molar-refractivity contribution >= 4 is 29.3 Å². The number of hydrogen-bond acceptors (Lipinski definition) is 4. The summed E-state index contributed by atoms with van der Waals surface area (Å²) in [5, 5.41) is 4.35. The van der Waals surface area contributed by atoms with Gasteiger partial charge < -0.3 is 11.1 Å². The quantitative estimate of drug-likeness (QED) is 0.451. The van der Waals surface area contributed by atoms with E-state index >= 15 is 0 Å². The van der Waals surface area contributed by atoms with Crippen LogP contribution in [-0.2, 0) is 17.9 Å². The number of rotatable bonds is 11. The summed E-state index contributed by atoms with van der Waals surface area (Å²) in [5.74, 6) is -0.202. The van der Waals surface area contributed by atoms with Crippen LogP contribution in [0.2, 0.25) is 5.02 Å². The molecule has 6 heteroatoms. The third kappa shape index (κ3) is 6.26. The minimum absolute atomic E-state index is 0.202. The molecule has 0 aromatic heterocycles. The monoisotopic (exact) mass is 459 g/mol. The molecule has 3 rings (SSSR count). The molecule has 0 saturated carbocycles. The SMILES string of the molecule is CSc1ccc(CNC(C)CCC[C@@]2(C(N)=O)CCCN2Cc2ccccc2Cl)cc1. The Bertz CT molecular complexity index is 860. The van der Waals surface area contributed by atoms with E-state index in [9.17, 15) is 4.79 Å². The van der Waals surface area contributed by atoms with Gasteiger partial charge in [-0.25, -0.2) is 0 Å². The van der Waals surface area contributed by atoms with E-state index in [0.717, 1.165) is 55.8 Å². The summed E-state index contributed by atoms with van der Waals surface area (Å²) >= 11 is 8.13. The second-order valence-corrected chi connectivity index (χ2v) is 9.82. The Balaban J connectivity index is 1.53. The first-order valence-corrected chi connectivity index (χ1v) is 12.7. The lowest BCUT2D eigenvalue weighted by Crippen LogP contribution is -2.53. The largest absolute Gasteiger partial charge is 0.368 e. The molecule has 1 aliphatic rings. The van der Waals surface area contributed by atoms with Gasteiger partial charge in [-0.3, -0.25) is 9.69 Å². The van der Waals surface area contributed by atoms with Gasteiger partial charge in [0.2, 0.25) is 5.91 Å². The Kier molecular flexibility index (Phi) is 8.85. The molecule has 1 amide bonds. The minimum atomic E-state index is -0.563. The van der Waals surface area contributed by atoms with Crippen LogP contribution in [0.25, 0.3) is 0 Å². The van der Waals surface area contributed by atoms with Crippen LogP contribution in [-0.4, -0.2) is 35.2 Å². The number of nitrogens with one attached hydrogen (secondary N) is 1. The van der Waals surface area contributed by atoms with Crippen LogP contribution >= 0.6 is 23.4 Å². The summed E-state index contributed by atoms with van der Waals surface area (Å²) in [6, 6.07) is 16.9. The maximum atomic E-state index is 12.6. The zero-order chi connectivity index (χ0) is 22.3. The molecule has 1 aliphatic heterocycles. The second-order valence-electron chi connectivity index (χ2n) is 8.53. The van der Waals surface area contributed by atoms with Crippen molar-refractivity contribution in [2.45, 2.75) is 68.6 Å². The predicted octanol–water partition coefficient (Wildman–Crippen LogP) is 5.23. The first-order valence-electron chi connectivity index (χ1n) is 11.1. The van der Waals surface area contributed by atoms with Crippen molar-refractivity contribution in [1.82, 2.24) is 10.2 Å². The number of likely N-dealkylation sites (tertiary alicyclic amines) is 1. The Morgan fingerprint density at radius 1 is 1.26 bits per heavy atom. The van der Waals surface area contributed by atoms with Crippen LogP contribution in [0.15, 0.2) is 53.4 Å². The topological polar surface area (TPSA) is 58.4 Å². The number of primary amides is 1. The van der Waals surface area contributed by atoms with E-state index < -0.39 is 5.54 Å². The van der Waals surface area contributed by atoms with E-state index in [-0.39, 0.29) is 5.91 Å². The molecule has 4 nitrogen and oxygen atoms in total. The Morgan fingerprint density at radius 3 is 2.68 bits per heavy atom. The molecule has 0 spiro atoms. The fourth-order valence-corrected chi connectivity index (χ4v) is 5.12. The average molecular weight is 460 g/mol. The molecule has 0 radical (unpaired) electrons. The molecule has 168 valence electrons. The van der Waals surface area contributed by atoms with Gasteiger partial charge in [-0.1, -0.05) is 41.9 Å². The van der Waals surface area contributed by atoms with Crippen molar-refractivity contribution in [3.8, 4) is 0 Å². The van der Waals surface area contributed by atoms with Gasteiger partial charge in [0.25, 0.3) is 0 Å². The lowest BCUT2D eigenvalue weighted by molar-refractivity contribution is -0.129. The molecule has 1 unspecified atom stereocenters. The molecule has 0 aliphatic carbocycles. The van der Waals surface area contributed by atoms with Gasteiger partial charge in [0, 0.05) is 29.0 Å². The van der Waals surface area contributed by atoms with Gasteiger partial charge in [0.1, 0.15) is 5.54 Å². The number of thioether (sulfide) groups is 1. The lowest BCUT2D eigenvalue weighted by Gasteiger charge is -2.36.